The van der Waals surface area contributed by atoms with Crippen LogP contribution in [0.5, 0.6) is 0 Å². The first-order valence-corrected chi connectivity index (χ1v) is 5.83. The SMILES string of the molecule is CCC(C)N(CC(=O)O)C(=O)NC(C)C(=O)NC. The standard InChI is InChI=1S/C11H21N3O4/c1-5-7(2)14(6-9(15)16)11(18)13-8(3)10(17)12-4/h7-8H,5-6H2,1-4H3,(H,12,17)(H,13,18)(H,15,16). The highest BCUT2D eigenvalue weighted by Gasteiger charge is 2.24. The number of urea groups is 1. The van der Waals surface area contributed by atoms with Crippen LogP contribution in [-0.4, -0.2) is 53.6 Å². The van der Waals surface area contributed by atoms with Crippen LogP contribution >= 0.6 is 0 Å². The predicted molar refractivity (Wildman–Crippen MR) is 66.2 cm³/mol. The van der Waals surface area contributed by atoms with Crippen molar-refractivity contribution in [1.29, 1.82) is 0 Å². The van der Waals surface area contributed by atoms with Crippen molar-refractivity contribution < 1.29 is 19.5 Å². The average molecular weight is 259 g/mol. The van der Waals surface area contributed by atoms with Crippen LogP contribution in [0.2, 0.25) is 0 Å². The van der Waals surface area contributed by atoms with Crippen molar-refractivity contribution in [2.75, 3.05) is 13.6 Å². The number of aliphatic carboxylic acids is 1. The number of nitrogens with zero attached hydrogens (tertiary/aromatic N) is 1. The molecule has 3 N–H and O–H groups in total. The largest absolute Gasteiger partial charge is 0.480 e. The van der Waals surface area contributed by atoms with E-state index in [4.69, 9.17) is 5.11 Å². The van der Waals surface area contributed by atoms with Crippen molar-refractivity contribution in [3.63, 3.8) is 0 Å². The highest BCUT2D eigenvalue weighted by Crippen LogP contribution is 2.04. The summed E-state index contributed by atoms with van der Waals surface area (Å²) in [7, 11) is 1.47. The minimum atomic E-state index is -1.09. The number of likely N-dealkylation sites (N-methyl/N-ethyl adjacent to an activating group) is 1. The number of carboxylic acids is 1. The van der Waals surface area contributed by atoms with Crippen molar-refractivity contribution in [2.45, 2.75) is 39.3 Å². The third-order valence-corrected chi connectivity index (χ3v) is 2.67. The number of amides is 3. The molecular formula is C11H21N3O4. The third kappa shape index (κ3) is 5.03. The van der Waals surface area contributed by atoms with Crippen molar-refractivity contribution >= 4 is 17.9 Å². The Bertz CT molecular complexity index is 319. The van der Waals surface area contributed by atoms with Gasteiger partial charge in [0.05, 0.1) is 0 Å². The van der Waals surface area contributed by atoms with Crippen LogP contribution in [0.4, 0.5) is 4.79 Å². The van der Waals surface area contributed by atoms with Crippen LogP contribution in [0.15, 0.2) is 0 Å². The summed E-state index contributed by atoms with van der Waals surface area (Å²) in [4.78, 5) is 35.1. The van der Waals surface area contributed by atoms with Gasteiger partial charge in [-0.3, -0.25) is 9.59 Å². The summed E-state index contributed by atoms with van der Waals surface area (Å²) in [6.07, 6.45) is 0.634. The van der Waals surface area contributed by atoms with Gasteiger partial charge in [0.15, 0.2) is 0 Å². The molecule has 0 saturated heterocycles. The van der Waals surface area contributed by atoms with Crippen molar-refractivity contribution in [3.05, 3.63) is 0 Å². The molecule has 0 fully saturated rings. The molecule has 0 heterocycles. The summed E-state index contributed by atoms with van der Waals surface area (Å²) in [6, 6.07) is -1.47. The smallest absolute Gasteiger partial charge is 0.323 e. The number of hydrogen-bond acceptors (Lipinski definition) is 3. The van der Waals surface area contributed by atoms with E-state index in [0.29, 0.717) is 6.42 Å². The monoisotopic (exact) mass is 259 g/mol. The van der Waals surface area contributed by atoms with Gasteiger partial charge >= 0.3 is 12.0 Å². The van der Waals surface area contributed by atoms with E-state index >= 15 is 0 Å². The maximum Gasteiger partial charge on any atom is 0.323 e. The van der Waals surface area contributed by atoms with Crippen LogP contribution in [0.3, 0.4) is 0 Å². The van der Waals surface area contributed by atoms with Crippen LogP contribution in [-0.2, 0) is 9.59 Å². The topological polar surface area (TPSA) is 98.7 Å². The molecule has 0 aliphatic rings. The van der Waals surface area contributed by atoms with Gasteiger partial charge in [-0.05, 0) is 20.3 Å². The normalized spacial score (nSPS) is 13.3. The molecule has 0 aromatic carbocycles. The summed E-state index contributed by atoms with van der Waals surface area (Å²) in [5, 5.41) is 13.6. The zero-order valence-electron chi connectivity index (χ0n) is 11.2. The van der Waals surface area contributed by atoms with E-state index in [1.807, 2.05) is 6.92 Å². The highest BCUT2D eigenvalue weighted by atomic mass is 16.4. The van der Waals surface area contributed by atoms with E-state index in [2.05, 4.69) is 10.6 Å². The fraction of sp³-hybridized carbons (Fsp3) is 0.727. The molecule has 7 heteroatoms. The number of rotatable bonds is 6. The molecule has 2 unspecified atom stereocenters. The maximum atomic E-state index is 11.9. The van der Waals surface area contributed by atoms with Crippen molar-refractivity contribution in [3.8, 4) is 0 Å². The van der Waals surface area contributed by atoms with Crippen LogP contribution in [0.1, 0.15) is 27.2 Å². The van der Waals surface area contributed by atoms with Gasteiger partial charge in [-0.15, -0.1) is 0 Å². The summed E-state index contributed by atoms with van der Waals surface area (Å²) >= 11 is 0. The lowest BCUT2D eigenvalue weighted by molar-refractivity contribution is -0.138. The molecule has 0 aromatic heterocycles. The molecule has 0 spiro atoms. The Morgan fingerprint density at radius 1 is 1.28 bits per heavy atom. The third-order valence-electron chi connectivity index (χ3n) is 2.67. The molecule has 0 saturated carbocycles. The van der Waals surface area contributed by atoms with E-state index in [0.717, 1.165) is 0 Å². The Kier molecular flexibility index (Phi) is 6.77. The summed E-state index contributed by atoms with van der Waals surface area (Å²) in [5.74, 6) is -1.42. The van der Waals surface area contributed by atoms with Crippen molar-refractivity contribution in [2.24, 2.45) is 0 Å². The molecule has 18 heavy (non-hydrogen) atoms. The van der Waals surface area contributed by atoms with E-state index in [1.165, 1.54) is 18.9 Å². The van der Waals surface area contributed by atoms with Gasteiger partial charge in [0.2, 0.25) is 5.91 Å². The minimum absolute atomic E-state index is 0.210. The Morgan fingerprint density at radius 2 is 1.83 bits per heavy atom. The zero-order valence-corrected chi connectivity index (χ0v) is 11.2. The Hall–Kier alpha value is -1.79. The molecule has 3 amide bonds. The first-order valence-electron chi connectivity index (χ1n) is 5.83. The number of carboxylic acid groups (broad SMARTS) is 1. The van der Waals surface area contributed by atoms with Gasteiger partial charge in [0, 0.05) is 13.1 Å². The predicted octanol–water partition coefficient (Wildman–Crippen LogP) is 0.0156. The van der Waals surface area contributed by atoms with E-state index in [-0.39, 0.29) is 18.5 Å². The maximum absolute atomic E-state index is 11.9. The lowest BCUT2D eigenvalue weighted by Gasteiger charge is -2.28. The Morgan fingerprint density at radius 3 is 2.22 bits per heavy atom. The second kappa shape index (κ2) is 7.52. The summed E-state index contributed by atoms with van der Waals surface area (Å²) in [5.41, 5.74) is 0. The van der Waals surface area contributed by atoms with Gasteiger partial charge in [0.25, 0.3) is 0 Å². The molecule has 0 aliphatic carbocycles. The Labute approximate surface area is 107 Å². The van der Waals surface area contributed by atoms with Gasteiger partial charge in [-0.2, -0.15) is 0 Å². The summed E-state index contributed by atoms with van der Waals surface area (Å²) in [6.45, 7) is 4.76. The molecule has 0 aromatic rings. The van der Waals surface area contributed by atoms with Crippen LogP contribution in [0, 0.1) is 0 Å². The van der Waals surface area contributed by atoms with Crippen LogP contribution < -0.4 is 10.6 Å². The van der Waals surface area contributed by atoms with Gasteiger partial charge in [-0.1, -0.05) is 6.92 Å². The molecule has 0 rings (SSSR count). The molecule has 0 bridgehead atoms. The van der Waals surface area contributed by atoms with Gasteiger partial charge in [-0.25, -0.2) is 4.79 Å². The second-order valence-corrected chi connectivity index (χ2v) is 4.06. The lowest BCUT2D eigenvalue weighted by atomic mass is 10.2. The minimum Gasteiger partial charge on any atom is -0.480 e. The molecule has 2 atom stereocenters. The van der Waals surface area contributed by atoms with Gasteiger partial charge in [0.1, 0.15) is 12.6 Å². The highest BCUT2D eigenvalue weighted by molar-refractivity contribution is 5.87. The average Bonchev–Trinajstić information content (AvgIpc) is 2.33. The van der Waals surface area contributed by atoms with Crippen molar-refractivity contribution in [1.82, 2.24) is 15.5 Å². The summed E-state index contributed by atoms with van der Waals surface area (Å²) < 4.78 is 0. The lowest BCUT2D eigenvalue weighted by Crippen LogP contribution is -2.52. The molecule has 7 nitrogen and oxygen atoms in total. The quantitative estimate of drug-likeness (QED) is 0.626. The van der Waals surface area contributed by atoms with E-state index in [1.54, 1.807) is 6.92 Å². The molecule has 0 radical (unpaired) electrons. The first kappa shape index (κ1) is 16.2. The van der Waals surface area contributed by atoms with Crippen LogP contribution in [0.25, 0.3) is 0 Å². The first-order chi connectivity index (χ1) is 8.33. The Balaban J connectivity index is 4.65. The fourth-order valence-corrected chi connectivity index (χ4v) is 1.34. The number of nitrogens with one attached hydrogen (secondary N) is 2. The van der Waals surface area contributed by atoms with Gasteiger partial charge < -0.3 is 20.6 Å². The number of carbonyl (C=O) groups is 3. The number of hydrogen-bond donors (Lipinski definition) is 3. The van der Waals surface area contributed by atoms with E-state index < -0.39 is 18.0 Å². The molecule has 0 aliphatic heterocycles. The molecule has 104 valence electrons. The molecular weight excluding hydrogens is 238 g/mol. The zero-order chi connectivity index (χ0) is 14.3. The number of carbonyl (C=O) groups excluding carboxylic acids is 2. The fourth-order valence-electron chi connectivity index (χ4n) is 1.34. The van der Waals surface area contributed by atoms with E-state index in [9.17, 15) is 14.4 Å². The second-order valence-electron chi connectivity index (χ2n) is 4.06.